The third-order valence-corrected chi connectivity index (χ3v) is 5.19. The number of aromatic nitrogens is 1. The Bertz CT molecular complexity index is 578. The van der Waals surface area contributed by atoms with Crippen molar-refractivity contribution in [2.24, 2.45) is 4.99 Å². The highest BCUT2D eigenvalue weighted by atomic mass is 32.1. The van der Waals surface area contributed by atoms with Crippen molar-refractivity contribution in [1.82, 2.24) is 20.5 Å². The minimum atomic E-state index is -4.38. The van der Waals surface area contributed by atoms with Crippen LogP contribution >= 0.6 is 11.3 Å². The van der Waals surface area contributed by atoms with Gasteiger partial charge in [0.05, 0.1) is 11.6 Å². The fourth-order valence-electron chi connectivity index (χ4n) is 2.91. The van der Waals surface area contributed by atoms with E-state index >= 15 is 0 Å². The Kier molecular flexibility index (Phi) is 8.11. The summed E-state index contributed by atoms with van der Waals surface area (Å²) in [5.74, 6) is 0.649. The van der Waals surface area contributed by atoms with E-state index in [9.17, 15) is 13.2 Å². The number of nitrogens with one attached hydrogen (secondary N) is 2. The molecule has 0 saturated carbocycles. The van der Waals surface area contributed by atoms with Crippen LogP contribution in [-0.4, -0.2) is 68.8 Å². The SMILES string of the molecule is CN=C(NCCc1nc(C(F)(F)F)cs1)NCC1CCCN1CCOC. The number of ether oxygens (including phenoxy) is 1. The van der Waals surface area contributed by atoms with E-state index in [1.54, 1.807) is 14.2 Å². The van der Waals surface area contributed by atoms with E-state index in [0.717, 1.165) is 49.4 Å². The summed E-state index contributed by atoms with van der Waals surface area (Å²) < 4.78 is 42.8. The third-order valence-electron chi connectivity index (χ3n) is 4.28. The number of aliphatic imine (C=N–C) groups is 1. The molecule has 1 saturated heterocycles. The number of alkyl halides is 3. The first-order valence-electron chi connectivity index (χ1n) is 8.63. The lowest BCUT2D eigenvalue weighted by Gasteiger charge is -2.25. The minimum absolute atomic E-state index is 0.421. The molecule has 0 aromatic carbocycles. The monoisotopic (exact) mass is 393 g/mol. The smallest absolute Gasteiger partial charge is 0.383 e. The Balaban J connectivity index is 1.71. The van der Waals surface area contributed by atoms with Crippen LogP contribution in [0.5, 0.6) is 0 Å². The topological polar surface area (TPSA) is 61.8 Å². The number of thiazole rings is 1. The van der Waals surface area contributed by atoms with E-state index in [2.05, 4.69) is 25.5 Å². The quantitative estimate of drug-likeness (QED) is 0.522. The molecule has 10 heteroatoms. The van der Waals surface area contributed by atoms with Gasteiger partial charge in [-0.25, -0.2) is 4.98 Å². The van der Waals surface area contributed by atoms with E-state index in [1.807, 2.05) is 0 Å². The Morgan fingerprint density at radius 3 is 2.92 bits per heavy atom. The van der Waals surface area contributed by atoms with Crippen LogP contribution < -0.4 is 10.6 Å². The van der Waals surface area contributed by atoms with Gasteiger partial charge in [-0.15, -0.1) is 11.3 Å². The largest absolute Gasteiger partial charge is 0.434 e. The van der Waals surface area contributed by atoms with Crippen LogP contribution in [0.15, 0.2) is 10.4 Å². The molecule has 148 valence electrons. The molecule has 2 N–H and O–H groups in total. The van der Waals surface area contributed by atoms with Gasteiger partial charge in [-0.05, 0) is 19.4 Å². The van der Waals surface area contributed by atoms with Crippen LogP contribution in [0.3, 0.4) is 0 Å². The Morgan fingerprint density at radius 1 is 1.46 bits per heavy atom. The maximum atomic E-state index is 12.6. The molecule has 1 aromatic rings. The van der Waals surface area contributed by atoms with Crippen LogP contribution in [0.1, 0.15) is 23.5 Å². The van der Waals surface area contributed by atoms with Gasteiger partial charge in [0, 0.05) is 51.6 Å². The van der Waals surface area contributed by atoms with Crippen LogP contribution in [-0.2, 0) is 17.3 Å². The Morgan fingerprint density at radius 2 is 2.27 bits per heavy atom. The highest BCUT2D eigenvalue weighted by molar-refractivity contribution is 7.09. The molecule has 1 aromatic heterocycles. The van der Waals surface area contributed by atoms with Gasteiger partial charge in [0.2, 0.25) is 0 Å². The van der Waals surface area contributed by atoms with Gasteiger partial charge in [-0.1, -0.05) is 0 Å². The average Bonchev–Trinajstić information content (AvgIpc) is 3.25. The number of likely N-dealkylation sites (tertiary alicyclic amines) is 1. The molecule has 1 atom stereocenters. The van der Waals surface area contributed by atoms with Gasteiger partial charge in [-0.3, -0.25) is 9.89 Å². The maximum absolute atomic E-state index is 12.6. The van der Waals surface area contributed by atoms with Crippen molar-refractivity contribution in [3.8, 4) is 0 Å². The molecular formula is C16H26F3N5OS. The summed E-state index contributed by atoms with van der Waals surface area (Å²) in [6.07, 6.45) is -1.65. The zero-order valence-corrected chi connectivity index (χ0v) is 15.9. The summed E-state index contributed by atoms with van der Waals surface area (Å²) in [6.45, 7) is 3.96. The van der Waals surface area contributed by atoms with Gasteiger partial charge in [0.25, 0.3) is 0 Å². The Labute approximate surface area is 155 Å². The van der Waals surface area contributed by atoms with E-state index in [1.165, 1.54) is 6.42 Å². The van der Waals surface area contributed by atoms with Crippen LogP contribution in [0.2, 0.25) is 0 Å². The minimum Gasteiger partial charge on any atom is -0.383 e. The summed E-state index contributed by atoms with van der Waals surface area (Å²) in [5, 5.41) is 7.93. The van der Waals surface area contributed by atoms with Crippen molar-refractivity contribution in [2.45, 2.75) is 31.5 Å². The van der Waals surface area contributed by atoms with Gasteiger partial charge in [0.15, 0.2) is 11.7 Å². The van der Waals surface area contributed by atoms with E-state index < -0.39 is 11.9 Å². The molecule has 1 fully saturated rings. The lowest BCUT2D eigenvalue weighted by molar-refractivity contribution is -0.140. The first-order chi connectivity index (χ1) is 12.4. The summed E-state index contributed by atoms with van der Waals surface area (Å²) in [5.41, 5.74) is -0.822. The van der Waals surface area contributed by atoms with Crippen molar-refractivity contribution in [2.75, 3.05) is 46.9 Å². The second-order valence-corrected chi connectivity index (χ2v) is 7.02. The van der Waals surface area contributed by atoms with Gasteiger partial charge < -0.3 is 15.4 Å². The molecule has 26 heavy (non-hydrogen) atoms. The highest BCUT2D eigenvalue weighted by Crippen LogP contribution is 2.30. The third kappa shape index (κ3) is 6.40. The molecule has 0 aliphatic carbocycles. The number of hydrogen-bond donors (Lipinski definition) is 2. The van der Waals surface area contributed by atoms with Crippen molar-refractivity contribution < 1.29 is 17.9 Å². The summed E-state index contributed by atoms with van der Waals surface area (Å²) in [7, 11) is 3.38. The molecule has 2 heterocycles. The van der Waals surface area contributed by atoms with Crippen molar-refractivity contribution in [3.63, 3.8) is 0 Å². The Hall–Kier alpha value is -1.39. The standard InChI is InChI=1S/C16H26F3N5OS/c1-20-15(22-10-12-4-3-7-24(12)8-9-25-2)21-6-5-14-23-13(11-26-14)16(17,18)19/h11-12H,3-10H2,1-2H3,(H2,20,21,22). The molecule has 1 aliphatic heterocycles. The van der Waals surface area contributed by atoms with Crippen LogP contribution in [0, 0.1) is 0 Å². The molecule has 0 radical (unpaired) electrons. The first kappa shape index (κ1) is 20.9. The molecule has 2 rings (SSSR count). The van der Waals surface area contributed by atoms with E-state index in [4.69, 9.17) is 4.74 Å². The molecule has 1 unspecified atom stereocenters. The van der Waals surface area contributed by atoms with Crippen LogP contribution in [0.4, 0.5) is 13.2 Å². The lowest BCUT2D eigenvalue weighted by Crippen LogP contribution is -2.45. The van der Waals surface area contributed by atoms with Gasteiger partial charge in [-0.2, -0.15) is 13.2 Å². The van der Waals surface area contributed by atoms with Crippen molar-refractivity contribution >= 4 is 17.3 Å². The lowest BCUT2D eigenvalue weighted by atomic mass is 10.2. The molecule has 0 spiro atoms. The number of methoxy groups -OCH3 is 1. The fourth-order valence-corrected chi connectivity index (χ4v) is 3.71. The second-order valence-electron chi connectivity index (χ2n) is 6.08. The van der Waals surface area contributed by atoms with E-state index in [-0.39, 0.29) is 0 Å². The number of hydrogen-bond acceptors (Lipinski definition) is 5. The summed E-state index contributed by atoms with van der Waals surface area (Å²) >= 11 is 1.03. The number of rotatable bonds is 8. The second kappa shape index (κ2) is 10.1. The predicted molar refractivity (Wildman–Crippen MR) is 96.7 cm³/mol. The van der Waals surface area contributed by atoms with Gasteiger partial charge in [0.1, 0.15) is 0 Å². The predicted octanol–water partition coefficient (Wildman–Crippen LogP) is 1.98. The zero-order chi connectivity index (χ0) is 19.0. The number of halogens is 3. The van der Waals surface area contributed by atoms with Crippen molar-refractivity contribution in [1.29, 1.82) is 0 Å². The average molecular weight is 393 g/mol. The molecular weight excluding hydrogens is 367 g/mol. The van der Waals surface area contributed by atoms with E-state index in [0.29, 0.717) is 30.0 Å². The zero-order valence-electron chi connectivity index (χ0n) is 15.1. The first-order valence-corrected chi connectivity index (χ1v) is 9.51. The maximum Gasteiger partial charge on any atom is 0.434 e. The molecule has 0 bridgehead atoms. The van der Waals surface area contributed by atoms with Gasteiger partial charge >= 0.3 is 6.18 Å². The normalized spacial score (nSPS) is 19.1. The molecule has 6 nitrogen and oxygen atoms in total. The number of guanidine groups is 1. The number of nitrogens with zero attached hydrogens (tertiary/aromatic N) is 3. The highest BCUT2D eigenvalue weighted by Gasteiger charge is 2.33. The van der Waals surface area contributed by atoms with Crippen molar-refractivity contribution in [3.05, 3.63) is 16.1 Å². The fraction of sp³-hybridized carbons (Fsp3) is 0.750. The molecule has 1 aliphatic rings. The van der Waals surface area contributed by atoms with Crippen LogP contribution in [0.25, 0.3) is 0 Å². The summed E-state index contributed by atoms with van der Waals surface area (Å²) in [6, 6.07) is 0.442. The summed E-state index contributed by atoms with van der Waals surface area (Å²) in [4.78, 5) is 10.2. The molecule has 0 amide bonds.